The molecular weight excluding hydrogens is 224 g/mol. The van der Waals surface area contributed by atoms with Crippen LogP contribution in [0.4, 0.5) is 11.5 Å². The van der Waals surface area contributed by atoms with Gasteiger partial charge in [-0.2, -0.15) is 0 Å². The predicted molar refractivity (Wildman–Crippen MR) is 74.7 cm³/mol. The van der Waals surface area contributed by atoms with Gasteiger partial charge in [0.25, 0.3) is 0 Å². The quantitative estimate of drug-likeness (QED) is 0.819. The van der Waals surface area contributed by atoms with Gasteiger partial charge in [-0.1, -0.05) is 6.42 Å². The van der Waals surface area contributed by atoms with Crippen molar-refractivity contribution in [3.05, 3.63) is 18.3 Å². The summed E-state index contributed by atoms with van der Waals surface area (Å²) in [5.41, 5.74) is 6.87. The first kappa shape index (κ1) is 11.8. The van der Waals surface area contributed by atoms with Crippen molar-refractivity contribution in [3.63, 3.8) is 0 Å². The first-order valence-electron chi connectivity index (χ1n) is 6.96. The average molecular weight is 246 g/mol. The second-order valence-corrected chi connectivity index (χ2v) is 5.59. The molecule has 18 heavy (non-hydrogen) atoms. The van der Waals surface area contributed by atoms with Crippen molar-refractivity contribution in [2.75, 3.05) is 30.3 Å². The lowest BCUT2D eigenvalue weighted by atomic mass is 9.97. The number of rotatable bonds is 1. The summed E-state index contributed by atoms with van der Waals surface area (Å²) < 4.78 is 0. The lowest BCUT2D eigenvalue weighted by Gasteiger charge is -2.48. The minimum absolute atomic E-state index is 0.560. The van der Waals surface area contributed by atoms with E-state index in [-0.39, 0.29) is 0 Å². The number of nitrogens with zero attached hydrogens (tertiary/aromatic N) is 3. The molecule has 0 bridgehead atoms. The minimum Gasteiger partial charge on any atom is -0.384 e. The molecule has 2 atom stereocenters. The maximum absolute atomic E-state index is 5.66. The summed E-state index contributed by atoms with van der Waals surface area (Å²) in [4.78, 5) is 9.36. The van der Waals surface area contributed by atoms with Gasteiger partial charge in [0.2, 0.25) is 0 Å². The van der Waals surface area contributed by atoms with Gasteiger partial charge in [-0.3, -0.25) is 4.90 Å². The molecule has 2 saturated heterocycles. The molecule has 1 aromatic heterocycles. The van der Waals surface area contributed by atoms with E-state index < -0.39 is 0 Å². The molecular formula is C14H22N4. The first-order valence-corrected chi connectivity index (χ1v) is 6.96. The Bertz CT molecular complexity index is 403. The lowest BCUT2D eigenvalue weighted by Crippen LogP contribution is -2.58. The number of hydrogen-bond donors (Lipinski definition) is 1. The second kappa shape index (κ2) is 4.76. The van der Waals surface area contributed by atoms with E-state index in [2.05, 4.69) is 27.8 Å². The van der Waals surface area contributed by atoms with Crippen LogP contribution in [0.2, 0.25) is 0 Å². The fourth-order valence-electron chi connectivity index (χ4n) is 3.28. The minimum atomic E-state index is 0.560. The van der Waals surface area contributed by atoms with Crippen molar-refractivity contribution >= 4 is 11.5 Å². The molecule has 4 nitrogen and oxygen atoms in total. The molecule has 0 saturated carbocycles. The fraction of sp³-hybridized carbons (Fsp3) is 0.643. The highest BCUT2D eigenvalue weighted by Crippen LogP contribution is 2.27. The van der Waals surface area contributed by atoms with E-state index in [1.54, 1.807) is 0 Å². The molecule has 0 amide bonds. The molecule has 0 aromatic carbocycles. The summed E-state index contributed by atoms with van der Waals surface area (Å²) in [6, 6.07) is 5.28. The standard InChI is InChI=1S/C14H22N4/c1-11-9-17-7-3-2-4-13(17)10-18(11)12-5-6-14(15)16-8-12/h5-6,8,11,13H,2-4,7,9-10H2,1H3,(H2,15,16). The Morgan fingerprint density at radius 2 is 2.17 bits per heavy atom. The maximum Gasteiger partial charge on any atom is 0.123 e. The Kier molecular flexibility index (Phi) is 3.12. The molecule has 2 unspecified atom stereocenters. The van der Waals surface area contributed by atoms with Crippen LogP contribution >= 0.6 is 0 Å². The van der Waals surface area contributed by atoms with Crippen LogP contribution in [-0.4, -0.2) is 41.6 Å². The topological polar surface area (TPSA) is 45.4 Å². The third kappa shape index (κ3) is 2.17. The normalized spacial score (nSPS) is 29.1. The van der Waals surface area contributed by atoms with Crippen molar-refractivity contribution in [3.8, 4) is 0 Å². The van der Waals surface area contributed by atoms with E-state index in [9.17, 15) is 0 Å². The van der Waals surface area contributed by atoms with Gasteiger partial charge in [0.15, 0.2) is 0 Å². The number of nitrogens with two attached hydrogens (primary N) is 1. The zero-order valence-electron chi connectivity index (χ0n) is 11.0. The lowest BCUT2D eigenvalue weighted by molar-refractivity contribution is 0.115. The first-order chi connectivity index (χ1) is 8.74. The predicted octanol–water partition coefficient (Wildman–Crippen LogP) is 1.73. The number of nitrogen functional groups attached to an aromatic ring is 1. The number of pyridine rings is 1. The van der Waals surface area contributed by atoms with E-state index >= 15 is 0 Å². The number of aromatic nitrogens is 1. The van der Waals surface area contributed by atoms with E-state index in [1.807, 2.05) is 12.3 Å². The largest absolute Gasteiger partial charge is 0.384 e. The molecule has 4 heteroatoms. The van der Waals surface area contributed by atoms with E-state index in [1.165, 1.54) is 38.0 Å². The Hall–Kier alpha value is -1.29. The highest BCUT2D eigenvalue weighted by atomic mass is 15.3. The number of piperidine rings is 1. The Morgan fingerprint density at radius 1 is 1.28 bits per heavy atom. The zero-order chi connectivity index (χ0) is 12.5. The molecule has 0 spiro atoms. The van der Waals surface area contributed by atoms with Gasteiger partial charge < -0.3 is 10.6 Å². The van der Waals surface area contributed by atoms with Crippen molar-refractivity contribution < 1.29 is 0 Å². The van der Waals surface area contributed by atoms with Crippen LogP contribution < -0.4 is 10.6 Å². The van der Waals surface area contributed by atoms with Crippen molar-refractivity contribution in [1.82, 2.24) is 9.88 Å². The van der Waals surface area contributed by atoms with Crippen molar-refractivity contribution in [2.24, 2.45) is 0 Å². The number of fused-ring (bicyclic) bond motifs is 1. The number of piperazine rings is 1. The number of hydrogen-bond acceptors (Lipinski definition) is 4. The van der Waals surface area contributed by atoms with E-state index in [0.717, 1.165) is 12.6 Å². The van der Waals surface area contributed by atoms with Crippen LogP contribution in [0.3, 0.4) is 0 Å². The summed E-state index contributed by atoms with van der Waals surface area (Å²) in [6.45, 7) is 5.89. The molecule has 2 N–H and O–H groups in total. The monoisotopic (exact) mass is 246 g/mol. The Balaban J connectivity index is 1.77. The molecule has 2 aliphatic rings. The van der Waals surface area contributed by atoms with Crippen LogP contribution in [-0.2, 0) is 0 Å². The molecule has 1 aromatic rings. The van der Waals surface area contributed by atoms with Crippen LogP contribution in [0.25, 0.3) is 0 Å². The summed E-state index contributed by atoms with van der Waals surface area (Å²) in [5, 5.41) is 0. The molecule has 2 aliphatic heterocycles. The van der Waals surface area contributed by atoms with E-state index in [4.69, 9.17) is 5.73 Å². The summed E-state index contributed by atoms with van der Waals surface area (Å²) in [5.74, 6) is 0.600. The SMILES string of the molecule is CC1CN2CCCCC2CN1c1ccc(N)nc1. The molecule has 2 fully saturated rings. The van der Waals surface area contributed by atoms with Crippen LogP contribution in [0.15, 0.2) is 18.3 Å². The van der Waals surface area contributed by atoms with Crippen molar-refractivity contribution in [2.45, 2.75) is 38.3 Å². The van der Waals surface area contributed by atoms with Gasteiger partial charge in [0.05, 0.1) is 11.9 Å². The number of anilines is 2. The van der Waals surface area contributed by atoms with Gasteiger partial charge in [-0.15, -0.1) is 0 Å². The summed E-state index contributed by atoms with van der Waals surface area (Å²) in [6.07, 6.45) is 5.99. The van der Waals surface area contributed by atoms with Crippen LogP contribution in [0.5, 0.6) is 0 Å². The van der Waals surface area contributed by atoms with Gasteiger partial charge in [-0.05, 0) is 38.4 Å². The Morgan fingerprint density at radius 3 is 2.94 bits per heavy atom. The van der Waals surface area contributed by atoms with Gasteiger partial charge in [-0.25, -0.2) is 4.98 Å². The molecule has 0 radical (unpaired) electrons. The molecule has 3 rings (SSSR count). The van der Waals surface area contributed by atoms with E-state index in [0.29, 0.717) is 11.9 Å². The van der Waals surface area contributed by atoms with Gasteiger partial charge in [0, 0.05) is 25.2 Å². The zero-order valence-corrected chi connectivity index (χ0v) is 11.0. The molecule has 3 heterocycles. The second-order valence-electron chi connectivity index (χ2n) is 5.59. The highest BCUT2D eigenvalue weighted by molar-refractivity contribution is 5.49. The summed E-state index contributed by atoms with van der Waals surface area (Å²) in [7, 11) is 0. The maximum atomic E-state index is 5.66. The van der Waals surface area contributed by atoms with Crippen molar-refractivity contribution in [1.29, 1.82) is 0 Å². The van der Waals surface area contributed by atoms with Gasteiger partial charge >= 0.3 is 0 Å². The Labute approximate surface area is 109 Å². The van der Waals surface area contributed by atoms with Crippen LogP contribution in [0, 0.1) is 0 Å². The fourth-order valence-corrected chi connectivity index (χ4v) is 3.28. The molecule has 98 valence electrons. The summed E-state index contributed by atoms with van der Waals surface area (Å²) >= 11 is 0. The molecule has 0 aliphatic carbocycles. The smallest absolute Gasteiger partial charge is 0.123 e. The average Bonchev–Trinajstić information content (AvgIpc) is 2.39. The third-order valence-corrected chi connectivity index (χ3v) is 4.29. The van der Waals surface area contributed by atoms with Crippen LogP contribution in [0.1, 0.15) is 26.2 Å². The highest BCUT2D eigenvalue weighted by Gasteiger charge is 2.32. The third-order valence-electron chi connectivity index (χ3n) is 4.29. The van der Waals surface area contributed by atoms with Gasteiger partial charge in [0.1, 0.15) is 5.82 Å².